The number of thioether (sulfide) groups is 1. The maximum atomic E-state index is 12.6. The summed E-state index contributed by atoms with van der Waals surface area (Å²) in [6.07, 6.45) is 5.02. The zero-order valence-electron chi connectivity index (χ0n) is 17.5. The fourth-order valence-corrected chi connectivity index (χ4v) is 3.77. The molecule has 0 spiro atoms. The molecule has 10 heteroatoms. The van der Waals surface area contributed by atoms with Crippen molar-refractivity contribution in [2.45, 2.75) is 11.7 Å². The molecule has 1 N–H and O–H groups in total. The van der Waals surface area contributed by atoms with Crippen LogP contribution in [-0.2, 0) is 11.3 Å². The Balaban J connectivity index is 1.50. The Hall–Kier alpha value is -3.79. The minimum atomic E-state index is -0.198. The summed E-state index contributed by atoms with van der Waals surface area (Å²) in [6, 6.07) is 12.6. The molecular formula is C22H21N5O4S. The van der Waals surface area contributed by atoms with Crippen molar-refractivity contribution in [1.82, 2.24) is 19.7 Å². The highest BCUT2D eigenvalue weighted by atomic mass is 32.2. The minimum Gasteiger partial charge on any atom is -0.497 e. The van der Waals surface area contributed by atoms with Gasteiger partial charge < -0.3 is 19.2 Å². The highest BCUT2D eigenvalue weighted by Crippen LogP contribution is 2.30. The summed E-state index contributed by atoms with van der Waals surface area (Å²) in [5.74, 6) is 2.53. The number of methoxy groups -OCH3 is 2. The monoisotopic (exact) mass is 451 g/mol. The van der Waals surface area contributed by atoms with Crippen molar-refractivity contribution < 1.29 is 18.7 Å². The number of carbonyl (C=O) groups is 1. The van der Waals surface area contributed by atoms with Gasteiger partial charge in [-0.3, -0.25) is 14.3 Å². The van der Waals surface area contributed by atoms with E-state index < -0.39 is 0 Å². The number of aromatic nitrogens is 4. The summed E-state index contributed by atoms with van der Waals surface area (Å²) < 4.78 is 17.9. The maximum Gasteiger partial charge on any atom is 0.234 e. The lowest BCUT2D eigenvalue weighted by molar-refractivity contribution is -0.113. The smallest absolute Gasteiger partial charge is 0.234 e. The number of benzene rings is 1. The zero-order valence-corrected chi connectivity index (χ0v) is 18.3. The molecule has 164 valence electrons. The Kier molecular flexibility index (Phi) is 6.71. The summed E-state index contributed by atoms with van der Waals surface area (Å²) in [7, 11) is 3.11. The number of pyridine rings is 1. The molecule has 0 bridgehead atoms. The van der Waals surface area contributed by atoms with Gasteiger partial charge in [0.2, 0.25) is 5.91 Å². The van der Waals surface area contributed by atoms with E-state index in [-0.39, 0.29) is 11.7 Å². The van der Waals surface area contributed by atoms with Gasteiger partial charge in [0.1, 0.15) is 17.3 Å². The molecule has 0 radical (unpaired) electrons. The number of hydrogen-bond acceptors (Lipinski definition) is 8. The molecule has 9 nitrogen and oxygen atoms in total. The van der Waals surface area contributed by atoms with Crippen LogP contribution in [0.25, 0.3) is 11.4 Å². The molecule has 3 aromatic heterocycles. The number of amides is 1. The first kappa shape index (κ1) is 21.4. The van der Waals surface area contributed by atoms with Crippen LogP contribution in [0, 0.1) is 0 Å². The Labute approximate surface area is 188 Å². The normalized spacial score (nSPS) is 10.7. The Morgan fingerprint density at radius 2 is 1.97 bits per heavy atom. The standard InChI is InChI=1S/C22H21N5O4S/c1-29-16-5-6-18(19(12-16)30-2)24-20(28)14-32-22-26-25-21(15-7-9-23-10-8-15)27(22)13-17-4-3-11-31-17/h3-12H,13-14H2,1-2H3,(H,24,28). The minimum absolute atomic E-state index is 0.141. The van der Waals surface area contributed by atoms with Crippen LogP contribution in [0.15, 0.2) is 70.7 Å². The Morgan fingerprint density at radius 1 is 1.12 bits per heavy atom. The van der Waals surface area contributed by atoms with Crippen LogP contribution in [0.4, 0.5) is 5.69 Å². The quantitative estimate of drug-likeness (QED) is 0.384. The predicted octanol–water partition coefficient (Wildman–Crippen LogP) is 3.73. The second-order valence-corrected chi connectivity index (χ2v) is 7.55. The van der Waals surface area contributed by atoms with Crippen molar-refractivity contribution >= 4 is 23.4 Å². The lowest BCUT2D eigenvalue weighted by Gasteiger charge is -2.12. The molecule has 4 aromatic rings. The van der Waals surface area contributed by atoms with E-state index in [0.717, 1.165) is 11.3 Å². The summed E-state index contributed by atoms with van der Waals surface area (Å²) >= 11 is 1.29. The molecule has 0 aliphatic rings. The van der Waals surface area contributed by atoms with Crippen molar-refractivity contribution in [3.8, 4) is 22.9 Å². The van der Waals surface area contributed by atoms with Crippen LogP contribution in [0.2, 0.25) is 0 Å². The lowest BCUT2D eigenvalue weighted by Crippen LogP contribution is -2.15. The molecule has 0 saturated heterocycles. The van der Waals surface area contributed by atoms with Crippen molar-refractivity contribution in [3.63, 3.8) is 0 Å². The third-order valence-corrected chi connectivity index (χ3v) is 5.53. The summed E-state index contributed by atoms with van der Waals surface area (Å²) in [5, 5.41) is 12.1. The predicted molar refractivity (Wildman–Crippen MR) is 120 cm³/mol. The number of furan rings is 1. The fraction of sp³-hybridized carbons (Fsp3) is 0.182. The number of nitrogens with zero attached hydrogens (tertiary/aromatic N) is 4. The van der Waals surface area contributed by atoms with Crippen LogP contribution in [-0.4, -0.2) is 45.6 Å². The molecule has 3 heterocycles. The van der Waals surface area contributed by atoms with Gasteiger partial charge in [-0.15, -0.1) is 10.2 Å². The molecule has 0 saturated carbocycles. The third kappa shape index (κ3) is 4.92. The number of rotatable bonds is 9. The van der Waals surface area contributed by atoms with Crippen molar-refractivity contribution in [2.24, 2.45) is 0 Å². The second-order valence-electron chi connectivity index (χ2n) is 6.61. The van der Waals surface area contributed by atoms with E-state index in [1.165, 1.54) is 18.9 Å². The first-order chi connectivity index (χ1) is 15.7. The van der Waals surface area contributed by atoms with Gasteiger partial charge in [-0.05, 0) is 36.4 Å². The van der Waals surface area contributed by atoms with E-state index in [1.54, 1.807) is 44.0 Å². The first-order valence-electron chi connectivity index (χ1n) is 9.68. The molecule has 0 fully saturated rings. The van der Waals surface area contributed by atoms with E-state index in [9.17, 15) is 4.79 Å². The second kappa shape index (κ2) is 10.0. The van der Waals surface area contributed by atoms with Gasteiger partial charge in [0.05, 0.1) is 38.5 Å². The molecule has 4 rings (SSSR count). The van der Waals surface area contributed by atoms with Gasteiger partial charge in [-0.2, -0.15) is 0 Å². The maximum absolute atomic E-state index is 12.6. The van der Waals surface area contributed by atoms with E-state index in [0.29, 0.717) is 34.7 Å². The fourth-order valence-electron chi connectivity index (χ4n) is 3.03. The molecule has 0 atom stereocenters. The molecule has 0 unspecified atom stereocenters. The number of hydrogen-bond donors (Lipinski definition) is 1. The van der Waals surface area contributed by atoms with Gasteiger partial charge in [-0.1, -0.05) is 11.8 Å². The van der Waals surface area contributed by atoms with Gasteiger partial charge >= 0.3 is 0 Å². The molecule has 0 aliphatic carbocycles. The van der Waals surface area contributed by atoms with Crippen molar-refractivity contribution in [2.75, 3.05) is 25.3 Å². The molecular weight excluding hydrogens is 430 g/mol. The van der Waals surface area contributed by atoms with Crippen molar-refractivity contribution in [1.29, 1.82) is 0 Å². The van der Waals surface area contributed by atoms with Crippen LogP contribution in [0.1, 0.15) is 5.76 Å². The van der Waals surface area contributed by atoms with Gasteiger partial charge in [-0.25, -0.2) is 0 Å². The SMILES string of the molecule is COc1ccc(NC(=O)CSc2nnc(-c3ccncc3)n2Cc2ccco2)c(OC)c1. The van der Waals surface area contributed by atoms with Crippen LogP contribution in [0.3, 0.4) is 0 Å². The Bertz CT molecular complexity index is 1180. The first-order valence-corrected chi connectivity index (χ1v) is 10.7. The van der Waals surface area contributed by atoms with Gasteiger partial charge in [0.15, 0.2) is 11.0 Å². The molecule has 32 heavy (non-hydrogen) atoms. The average molecular weight is 452 g/mol. The van der Waals surface area contributed by atoms with E-state index >= 15 is 0 Å². The van der Waals surface area contributed by atoms with E-state index in [2.05, 4.69) is 20.5 Å². The van der Waals surface area contributed by atoms with Gasteiger partial charge in [0, 0.05) is 24.0 Å². The van der Waals surface area contributed by atoms with Crippen molar-refractivity contribution in [3.05, 3.63) is 66.9 Å². The molecule has 1 amide bonds. The number of anilines is 1. The summed E-state index contributed by atoms with van der Waals surface area (Å²) in [6.45, 7) is 0.438. The summed E-state index contributed by atoms with van der Waals surface area (Å²) in [5.41, 5.74) is 1.44. The number of carbonyl (C=O) groups excluding carboxylic acids is 1. The topological polar surface area (TPSA) is 104 Å². The Morgan fingerprint density at radius 3 is 2.69 bits per heavy atom. The third-order valence-electron chi connectivity index (χ3n) is 4.56. The lowest BCUT2D eigenvalue weighted by atomic mass is 10.2. The van der Waals surface area contributed by atoms with Crippen LogP contribution < -0.4 is 14.8 Å². The highest BCUT2D eigenvalue weighted by Gasteiger charge is 2.17. The van der Waals surface area contributed by atoms with Crippen LogP contribution in [0.5, 0.6) is 11.5 Å². The summed E-state index contributed by atoms with van der Waals surface area (Å²) in [4.78, 5) is 16.7. The zero-order chi connectivity index (χ0) is 22.3. The van der Waals surface area contributed by atoms with Crippen LogP contribution >= 0.6 is 11.8 Å². The molecule has 1 aromatic carbocycles. The van der Waals surface area contributed by atoms with Gasteiger partial charge in [0.25, 0.3) is 0 Å². The van der Waals surface area contributed by atoms with E-state index in [4.69, 9.17) is 13.9 Å². The number of ether oxygens (including phenoxy) is 2. The highest BCUT2D eigenvalue weighted by molar-refractivity contribution is 7.99. The van der Waals surface area contributed by atoms with E-state index in [1.807, 2.05) is 28.8 Å². The largest absolute Gasteiger partial charge is 0.497 e. The number of nitrogens with one attached hydrogen (secondary N) is 1. The average Bonchev–Trinajstić information content (AvgIpc) is 3.49. The molecule has 0 aliphatic heterocycles.